The van der Waals surface area contributed by atoms with E-state index in [0.717, 1.165) is 55.6 Å². The van der Waals surface area contributed by atoms with E-state index < -0.39 is 0 Å². The van der Waals surface area contributed by atoms with Crippen molar-refractivity contribution in [2.45, 2.75) is 45.1 Å². The van der Waals surface area contributed by atoms with E-state index in [1.165, 1.54) is 11.1 Å². The third-order valence-electron chi connectivity index (χ3n) is 6.43. The van der Waals surface area contributed by atoms with Gasteiger partial charge >= 0.3 is 0 Å². The molecule has 0 radical (unpaired) electrons. The van der Waals surface area contributed by atoms with Crippen molar-refractivity contribution >= 4 is 5.78 Å². The first-order valence-electron chi connectivity index (χ1n) is 11.6. The Morgan fingerprint density at radius 3 is 2.44 bits per heavy atom. The molecule has 1 saturated heterocycles. The second kappa shape index (κ2) is 9.09. The molecule has 164 valence electrons. The van der Waals surface area contributed by atoms with E-state index in [0.29, 0.717) is 12.2 Å². The second-order valence-corrected chi connectivity index (χ2v) is 8.54. The fourth-order valence-corrected chi connectivity index (χ4v) is 4.79. The van der Waals surface area contributed by atoms with Crippen LogP contribution in [0.2, 0.25) is 0 Å². The van der Waals surface area contributed by atoms with Crippen LogP contribution >= 0.6 is 0 Å². The number of piperidine rings is 1. The fourth-order valence-electron chi connectivity index (χ4n) is 4.79. The Morgan fingerprint density at radius 2 is 1.72 bits per heavy atom. The number of aryl methyl sites for hydroxylation is 1. The highest BCUT2D eigenvalue weighted by Gasteiger charge is 2.24. The van der Waals surface area contributed by atoms with Gasteiger partial charge in [0.1, 0.15) is 6.33 Å². The number of nitrogens with zero attached hydrogens (tertiary/aromatic N) is 4. The highest BCUT2D eigenvalue weighted by Crippen LogP contribution is 2.23. The third kappa shape index (κ3) is 3.86. The monoisotopic (exact) mass is 427 g/mol. The van der Waals surface area contributed by atoms with E-state index in [-0.39, 0.29) is 11.6 Å². The van der Waals surface area contributed by atoms with Gasteiger partial charge in [0.05, 0.1) is 5.69 Å². The molecule has 2 aromatic heterocycles. The van der Waals surface area contributed by atoms with Gasteiger partial charge in [-0.1, -0.05) is 67.9 Å². The van der Waals surface area contributed by atoms with Crippen LogP contribution in [0.5, 0.6) is 0 Å². The Morgan fingerprint density at radius 1 is 1.00 bits per heavy atom. The van der Waals surface area contributed by atoms with Crippen LogP contribution in [0.1, 0.15) is 49.0 Å². The van der Waals surface area contributed by atoms with Crippen molar-refractivity contribution < 1.29 is 0 Å². The first-order chi connectivity index (χ1) is 15.8. The van der Waals surface area contributed by atoms with Crippen molar-refractivity contribution in [3.8, 4) is 11.1 Å². The number of aromatic nitrogens is 4. The lowest BCUT2D eigenvalue weighted by molar-refractivity contribution is 0.362. The zero-order valence-corrected chi connectivity index (χ0v) is 18.5. The molecule has 4 aromatic rings. The summed E-state index contributed by atoms with van der Waals surface area (Å²) in [6.45, 7) is 3.98. The summed E-state index contributed by atoms with van der Waals surface area (Å²) in [5.41, 5.74) is 5.44. The maximum absolute atomic E-state index is 13.8. The highest BCUT2D eigenvalue weighted by molar-refractivity contribution is 5.63. The lowest BCUT2D eigenvalue weighted by Gasteiger charge is -2.26. The van der Waals surface area contributed by atoms with Crippen LogP contribution in [0.15, 0.2) is 65.7 Å². The summed E-state index contributed by atoms with van der Waals surface area (Å²) in [6, 6.07) is 19.1. The van der Waals surface area contributed by atoms with Gasteiger partial charge in [-0.15, -0.1) is 0 Å². The van der Waals surface area contributed by atoms with E-state index in [9.17, 15) is 4.79 Å². The van der Waals surface area contributed by atoms with E-state index in [1.807, 2.05) is 15.1 Å². The molecule has 0 aliphatic carbocycles. The minimum Gasteiger partial charge on any atom is -0.317 e. The molecule has 0 unspecified atom stereocenters. The van der Waals surface area contributed by atoms with Crippen LogP contribution in [0, 0.1) is 0 Å². The molecule has 0 bridgehead atoms. The number of hydrogen-bond donors (Lipinski definition) is 1. The van der Waals surface area contributed by atoms with E-state index in [2.05, 4.69) is 70.9 Å². The Hall–Kier alpha value is -3.25. The Bertz CT molecular complexity index is 1250. The zero-order valence-electron chi connectivity index (χ0n) is 18.5. The van der Waals surface area contributed by atoms with E-state index in [4.69, 9.17) is 0 Å². The fraction of sp³-hybridized carbons (Fsp3) is 0.346. The van der Waals surface area contributed by atoms with Gasteiger partial charge in [0.15, 0.2) is 0 Å². The maximum atomic E-state index is 13.8. The van der Waals surface area contributed by atoms with Crippen molar-refractivity contribution in [3.05, 3.63) is 88.1 Å². The lowest BCUT2D eigenvalue weighted by atomic mass is 9.98. The topological polar surface area (TPSA) is 64.2 Å². The molecule has 6 nitrogen and oxygen atoms in total. The molecule has 1 aliphatic heterocycles. The predicted molar refractivity (Wildman–Crippen MR) is 127 cm³/mol. The van der Waals surface area contributed by atoms with Crippen LogP contribution in [0.4, 0.5) is 0 Å². The van der Waals surface area contributed by atoms with Crippen LogP contribution in [-0.2, 0) is 12.8 Å². The SMILES string of the molecule is CCCc1c(Cc2ccc(-c3ccccc3)cc2)c(=O)n(C2CCNCC2)c2ncnn12. The molecule has 1 N–H and O–H groups in total. The number of hydrogen-bond acceptors (Lipinski definition) is 4. The number of benzene rings is 2. The van der Waals surface area contributed by atoms with Crippen molar-refractivity contribution in [1.82, 2.24) is 24.5 Å². The minimum absolute atomic E-state index is 0.0907. The average Bonchev–Trinajstić information content (AvgIpc) is 3.32. The molecule has 32 heavy (non-hydrogen) atoms. The summed E-state index contributed by atoms with van der Waals surface area (Å²) >= 11 is 0. The summed E-state index contributed by atoms with van der Waals surface area (Å²) < 4.78 is 3.81. The van der Waals surface area contributed by atoms with E-state index in [1.54, 1.807) is 6.33 Å². The van der Waals surface area contributed by atoms with Gasteiger partial charge in [0.25, 0.3) is 5.56 Å². The smallest absolute Gasteiger partial charge is 0.259 e. The molecule has 0 saturated carbocycles. The Kier molecular flexibility index (Phi) is 5.86. The Balaban J connectivity index is 1.57. The summed E-state index contributed by atoms with van der Waals surface area (Å²) in [5.74, 6) is 0.675. The van der Waals surface area contributed by atoms with Gasteiger partial charge in [-0.3, -0.25) is 9.36 Å². The van der Waals surface area contributed by atoms with Crippen molar-refractivity contribution in [2.75, 3.05) is 13.1 Å². The first kappa shape index (κ1) is 20.6. The molecule has 2 aromatic carbocycles. The first-order valence-corrected chi connectivity index (χ1v) is 11.6. The summed E-state index contributed by atoms with van der Waals surface area (Å²) in [4.78, 5) is 18.3. The van der Waals surface area contributed by atoms with Gasteiger partial charge in [-0.05, 0) is 49.0 Å². The normalized spacial score (nSPS) is 14.8. The molecule has 1 fully saturated rings. The average molecular weight is 428 g/mol. The predicted octanol–water partition coefficient (Wildman–Crippen LogP) is 4.03. The van der Waals surface area contributed by atoms with Crippen molar-refractivity contribution in [1.29, 1.82) is 0 Å². The number of fused-ring (bicyclic) bond motifs is 1. The molecule has 1 aliphatic rings. The van der Waals surface area contributed by atoms with Crippen molar-refractivity contribution in [2.24, 2.45) is 0 Å². The highest BCUT2D eigenvalue weighted by atomic mass is 16.1. The molecule has 6 heteroatoms. The van der Waals surface area contributed by atoms with Gasteiger partial charge in [-0.25, -0.2) is 4.52 Å². The van der Waals surface area contributed by atoms with Gasteiger partial charge < -0.3 is 5.32 Å². The van der Waals surface area contributed by atoms with Crippen molar-refractivity contribution in [3.63, 3.8) is 0 Å². The maximum Gasteiger partial charge on any atom is 0.259 e. The van der Waals surface area contributed by atoms with Crippen LogP contribution in [0.3, 0.4) is 0 Å². The number of rotatable bonds is 6. The zero-order chi connectivity index (χ0) is 21.9. The molecule has 5 rings (SSSR count). The van der Waals surface area contributed by atoms with Crippen LogP contribution in [-0.4, -0.2) is 32.3 Å². The standard InChI is InChI=1S/C26H29N5O/c1-2-6-24-23(17-19-9-11-21(12-10-19)20-7-4-3-5-8-20)25(32)30(22-13-15-27-16-14-22)26-28-18-29-31(24)26/h3-5,7-12,18,22,27H,2,6,13-17H2,1H3. The summed E-state index contributed by atoms with van der Waals surface area (Å²) in [6.07, 6.45) is 5.79. The quantitative estimate of drug-likeness (QED) is 0.505. The largest absolute Gasteiger partial charge is 0.317 e. The Labute approximate surface area is 187 Å². The van der Waals surface area contributed by atoms with Crippen LogP contribution < -0.4 is 10.9 Å². The number of nitrogens with one attached hydrogen (secondary N) is 1. The summed E-state index contributed by atoms with van der Waals surface area (Å²) in [7, 11) is 0. The minimum atomic E-state index is 0.0907. The third-order valence-corrected chi connectivity index (χ3v) is 6.43. The second-order valence-electron chi connectivity index (χ2n) is 8.54. The molecule has 3 heterocycles. The van der Waals surface area contributed by atoms with Gasteiger partial charge in [0, 0.05) is 18.0 Å². The summed E-state index contributed by atoms with van der Waals surface area (Å²) in [5, 5.41) is 7.91. The molecule has 0 spiro atoms. The lowest BCUT2D eigenvalue weighted by Crippen LogP contribution is -2.37. The molecular weight excluding hydrogens is 398 g/mol. The van der Waals surface area contributed by atoms with Gasteiger partial charge in [-0.2, -0.15) is 10.1 Å². The van der Waals surface area contributed by atoms with E-state index >= 15 is 0 Å². The van der Waals surface area contributed by atoms with Gasteiger partial charge in [0.2, 0.25) is 5.78 Å². The molecule has 0 atom stereocenters. The molecular formula is C26H29N5O. The van der Waals surface area contributed by atoms with Crippen LogP contribution in [0.25, 0.3) is 16.9 Å². The molecule has 0 amide bonds.